The molecular weight excluding hydrogens is 364 g/mol. The molecule has 0 unspecified atom stereocenters. The summed E-state index contributed by atoms with van der Waals surface area (Å²) in [4.78, 5) is 12.2. The van der Waals surface area contributed by atoms with Crippen molar-refractivity contribution < 1.29 is 19.0 Å². The van der Waals surface area contributed by atoms with Crippen LogP contribution in [0.3, 0.4) is 0 Å². The van der Waals surface area contributed by atoms with E-state index in [9.17, 15) is 4.79 Å². The van der Waals surface area contributed by atoms with Crippen LogP contribution in [0.15, 0.2) is 47.6 Å². The van der Waals surface area contributed by atoms with E-state index in [1.807, 2.05) is 24.3 Å². The lowest BCUT2D eigenvalue weighted by molar-refractivity contribution is -0.121. The Morgan fingerprint density at radius 2 is 2.07 bits per heavy atom. The molecule has 0 saturated heterocycles. The minimum Gasteiger partial charge on any atom is -0.497 e. The molecule has 0 atom stereocenters. The van der Waals surface area contributed by atoms with E-state index in [2.05, 4.69) is 26.1 Å². The third-order valence-corrected chi connectivity index (χ3v) is 3.97. The Morgan fingerprint density at radius 1 is 1.25 bits per heavy atom. The van der Waals surface area contributed by atoms with Gasteiger partial charge in [0.2, 0.25) is 6.79 Å². The Labute approximate surface area is 159 Å². The molecule has 28 heavy (non-hydrogen) atoms. The number of benzene rings is 2. The summed E-state index contributed by atoms with van der Waals surface area (Å²) in [5.74, 6) is 2.09. The molecule has 10 heteroatoms. The number of methoxy groups -OCH3 is 1. The van der Waals surface area contributed by atoms with E-state index >= 15 is 0 Å². The van der Waals surface area contributed by atoms with Crippen LogP contribution in [-0.4, -0.2) is 46.2 Å². The highest BCUT2D eigenvalue weighted by Gasteiger charge is 2.17. The maximum absolute atomic E-state index is 12.2. The molecule has 2 aromatic carbocycles. The second-order valence-corrected chi connectivity index (χ2v) is 5.79. The first-order valence-corrected chi connectivity index (χ1v) is 8.35. The van der Waals surface area contributed by atoms with Gasteiger partial charge in [0, 0.05) is 5.56 Å². The number of fused-ring (bicyclic) bond motifs is 1. The van der Waals surface area contributed by atoms with Crippen molar-refractivity contribution in [2.24, 2.45) is 5.10 Å². The Balaban J connectivity index is 1.40. The summed E-state index contributed by atoms with van der Waals surface area (Å²) in [5, 5.41) is 15.4. The molecule has 2 heterocycles. The van der Waals surface area contributed by atoms with Gasteiger partial charge in [0.05, 0.1) is 13.3 Å². The maximum atomic E-state index is 12.2. The van der Waals surface area contributed by atoms with E-state index in [1.54, 1.807) is 25.3 Å². The highest BCUT2D eigenvalue weighted by molar-refractivity contribution is 5.82. The molecule has 1 aliphatic rings. The molecule has 1 aliphatic heterocycles. The molecule has 0 bridgehead atoms. The van der Waals surface area contributed by atoms with E-state index in [0.29, 0.717) is 22.9 Å². The summed E-state index contributed by atoms with van der Waals surface area (Å²) in [6.45, 7) is 0.0923. The van der Waals surface area contributed by atoms with Crippen molar-refractivity contribution in [1.82, 2.24) is 25.6 Å². The second-order valence-electron chi connectivity index (χ2n) is 5.79. The van der Waals surface area contributed by atoms with Crippen molar-refractivity contribution in [3.05, 3.63) is 48.0 Å². The van der Waals surface area contributed by atoms with Gasteiger partial charge >= 0.3 is 0 Å². The minimum absolute atomic E-state index is 0.0866. The predicted molar refractivity (Wildman–Crippen MR) is 98.1 cm³/mol. The average Bonchev–Trinajstić information content (AvgIpc) is 3.37. The van der Waals surface area contributed by atoms with Crippen LogP contribution in [-0.2, 0) is 11.3 Å². The van der Waals surface area contributed by atoms with E-state index < -0.39 is 0 Å². The molecule has 1 amide bonds. The molecule has 142 valence electrons. The average molecular weight is 380 g/mol. The third-order valence-electron chi connectivity index (χ3n) is 3.97. The normalized spacial score (nSPS) is 12.3. The standard InChI is InChI=1S/C18H16N6O4/c1-26-14-5-2-12(3-6-14)9-19-20-17(25)10-24-18(21-22-23-24)13-4-7-15-16(8-13)28-11-27-15/h2-9H,10-11H2,1H3,(H,20,25)/b19-9+. The van der Waals surface area contributed by atoms with Crippen molar-refractivity contribution in [2.75, 3.05) is 13.9 Å². The van der Waals surface area contributed by atoms with Gasteiger partial charge in [-0.2, -0.15) is 5.10 Å². The fourth-order valence-corrected chi connectivity index (χ4v) is 2.59. The molecule has 10 nitrogen and oxygen atoms in total. The van der Waals surface area contributed by atoms with Gasteiger partial charge in [0.25, 0.3) is 5.91 Å². The van der Waals surface area contributed by atoms with Gasteiger partial charge in [-0.05, 0) is 58.5 Å². The third kappa shape index (κ3) is 3.75. The van der Waals surface area contributed by atoms with E-state index in [-0.39, 0.29) is 19.2 Å². The summed E-state index contributed by atoms with van der Waals surface area (Å²) in [5.41, 5.74) is 3.99. The SMILES string of the molecule is COc1ccc(/C=N/NC(=O)Cn2nnnc2-c2ccc3c(c2)OCO3)cc1. The van der Waals surface area contributed by atoms with Crippen molar-refractivity contribution in [2.45, 2.75) is 6.54 Å². The zero-order valence-corrected chi connectivity index (χ0v) is 14.9. The zero-order valence-electron chi connectivity index (χ0n) is 14.9. The molecule has 3 aromatic rings. The Hall–Kier alpha value is -3.95. The fraction of sp³-hybridized carbons (Fsp3) is 0.167. The van der Waals surface area contributed by atoms with Crippen LogP contribution in [0.2, 0.25) is 0 Å². The van der Waals surface area contributed by atoms with Gasteiger partial charge in [0.15, 0.2) is 17.3 Å². The van der Waals surface area contributed by atoms with Gasteiger partial charge < -0.3 is 14.2 Å². The number of rotatable bonds is 6. The topological polar surface area (TPSA) is 113 Å². The van der Waals surface area contributed by atoms with Crippen LogP contribution >= 0.6 is 0 Å². The number of amides is 1. The lowest BCUT2D eigenvalue weighted by Gasteiger charge is -2.05. The maximum Gasteiger partial charge on any atom is 0.261 e. The van der Waals surface area contributed by atoms with Crippen molar-refractivity contribution in [3.63, 3.8) is 0 Å². The molecule has 1 N–H and O–H groups in total. The lowest BCUT2D eigenvalue weighted by atomic mass is 10.2. The van der Waals surface area contributed by atoms with Gasteiger partial charge in [-0.3, -0.25) is 4.79 Å². The quantitative estimate of drug-likeness (QED) is 0.505. The number of carbonyl (C=O) groups is 1. The van der Waals surface area contributed by atoms with Crippen LogP contribution in [0.5, 0.6) is 17.2 Å². The van der Waals surface area contributed by atoms with Crippen molar-refractivity contribution in [1.29, 1.82) is 0 Å². The number of hydrogen-bond donors (Lipinski definition) is 1. The van der Waals surface area contributed by atoms with E-state index in [4.69, 9.17) is 14.2 Å². The first kappa shape index (κ1) is 17.5. The number of nitrogens with zero attached hydrogens (tertiary/aromatic N) is 5. The first-order chi connectivity index (χ1) is 13.7. The monoisotopic (exact) mass is 380 g/mol. The molecule has 0 aliphatic carbocycles. The van der Waals surface area contributed by atoms with Gasteiger partial charge in [-0.25, -0.2) is 10.1 Å². The number of nitrogens with one attached hydrogen (secondary N) is 1. The lowest BCUT2D eigenvalue weighted by Crippen LogP contribution is -2.24. The highest BCUT2D eigenvalue weighted by Crippen LogP contribution is 2.35. The first-order valence-electron chi connectivity index (χ1n) is 8.35. The van der Waals surface area contributed by atoms with Crippen LogP contribution in [0.4, 0.5) is 0 Å². The van der Waals surface area contributed by atoms with Crippen molar-refractivity contribution in [3.8, 4) is 28.6 Å². The summed E-state index contributed by atoms with van der Waals surface area (Å²) < 4.78 is 17.1. The number of hydrazone groups is 1. The Bertz CT molecular complexity index is 1020. The van der Waals surface area contributed by atoms with Gasteiger partial charge in [0.1, 0.15) is 12.3 Å². The summed E-state index contributed by atoms with van der Waals surface area (Å²) in [6.07, 6.45) is 1.54. The number of ether oxygens (including phenoxy) is 3. The second kappa shape index (κ2) is 7.74. The number of tetrazole rings is 1. The van der Waals surface area contributed by atoms with Crippen LogP contribution in [0.25, 0.3) is 11.4 Å². The number of carbonyl (C=O) groups excluding carboxylic acids is 1. The van der Waals surface area contributed by atoms with E-state index in [1.165, 1.54) is 10.9 Å². The highest BCUT2D eigenvalue weighted by atomic mass is 16.7. The van der Waals surface area contributed by atoms with Crippen LogP contribution in [0, 0.1) is 0 Å². The number of aromatic nitrogens is 4. The summed E-state index contributed by atoms with van der Waals surface area (Å²) in [6, 6.07) is 12.6. The fourth-order valence-electron chi connectivity index (χ4n) is 2.59. The molecular formula is C18H16N6O4. The Kier molecular flexibility index (Phi) is 4.83. The molecule has 0 fully saturated rings. The summed E-state index contributed by atoms with van der Waals surface area (Å²) in [7, 11) is 1.60. The molecule has 0 saturated carbocycles. The van der Waals surface area contributed by atoms with Crippen LogP contribution in [0.1, 0.15) is 5.56 Å². The summed E-state index contributed by atoms with van der Waals surface area (Å²) >= 11 is 0. The largest absolute Gasteiger partial charge is 0.497 e. The smallest absolute Gasteiger partial charge is 0.261 e. The Morgan fingerprint density at radius 3 is 2.89 bits per heavy atom. The van der Waals surface area contributed by atoms with E-state index in [0.717, 1.165) is 11.3 Å². The molecule has 1 aromatic heterocycles. The minimum atomic E-state index is -0.362. The molecule has 4 rings (SSSR count). The van der Waals surface area contributed by atoms with Gasteiger partial charge in [-0.15, -0.1) is 5.10 Å². The van der Waals surface area contributed by atoms with Gasteiger partial charge in [-0.1, -0.05) is 0 Å². The van der Waals surface area contributed by atoms with Crippen molar-refractivity contribution >= 4 is 12.1 Å². The van der Waals surface area contributed by atoms with Crippen LogP contribution < -0.4 is 19.6 Å². The molecule has 0 radical (unpaired) electrons. The molecule has 0 spiro atoms. The predicted octanol–water partition coefficient (Wildman–Crippen LogP) is 1.23. The zero-order chi connectivity index (χ0) is 19.3. The number of hydrogen-bond acceptors (Lipinski definition) is 8.